The van der Waals surface area contributed by atoms with Gasteiger partial charge in [0.25, 0.3) is 0 Å². The number of piperidine rings is 1. The minimum absolute atomic E-state index is 0.0333. The van der Waals surface area contributed by atoms with Gasteiger partial charge in [-0.05, 0) is 45.9 Å². The molecule has 1 aliphatic heterocycles. The SMILES string of the molecule is CCOc1cccc(NC2CCN(C)C(C)C2)c1[N+](=O)[O-]. The van der Waals surface area contributed by atoms with Crippen molar-refractivity contribution in [2.45, 2.75) is 38.8 Å². The van der Waals surface area contributed by atoms with Crippen molar-refractivity contribution in [1.82, 2.24) is 4.90 Å². The van der Waals surface area contributed by atoms with Gasteiger partial charge >= 0.3 is 5.69 Å². The molecule has 0 aliphatic carbocycles. The lowest BCUT2D eigenvalue weighted by Crippen LogP contribution is -2.42. The molecule has 1 aromatic carbocycles. The molecule has 0 radical (unpaired) electrons. The number of hydrogen-bond acceptors (Lipinski definition) is 5. The molecule has 1 heterocycles. The first kappa shape index (κ1) is 15.6. The van der Waals surface area contributed by atoms with Crippen molar-refractivity contribution in [2.24, 2.45) is 0 Å². The molecule has 1 aliphatic rings. The Balaban J connectivity index is 2.19. The first-order chi connectivity index (χ1) is 10.0. The van der Waals surface area contributed by atoms with E-state index in [9.17, 15) is 10.1 Å². The van der Waals surface area contributed by atoms with Crippen LogP contribution in [0.15, 0.2) is 18.2 Å². The molecule has 0 aromatic heterocycles. The highest BCUT2D eigenvalue weighted by Gasteiger charge is 2.26. The number of ether oxygens (including phenoxy) is 1. The summed E-state index contributed by atoms with van der Waals surface area (Å²) in [5.74, 6) is 0.327. The molecule has 1 saturated heterocycles. The fourth-order valence-corrected chi connectivity index (χ4v) is 2.74. The van der Waals surface area contributed by atoms with Gasteiger partial charge < -0.3 is 15.0 Å². The fraction of sp³-hybridized carbons (Fsp3) is 0.600. The second kappa shape index (κ2) is 6.76. The smallest absolute Gasteiger partial charge is 0.333 e. The number of nitro groups is 1. The van der Waals surface area contributed by atoms with Crippen LogP contribution in [0, 0.1) is 10.1 Å². The van der Waals surface area contributed by atoms with Gasteiger partial charge in [0, 0.05) is 18.6 Å². The Bertz CT molecular complexity index is 507. The van der Waals surface area contributed by atoms with E-state index in [0.29, 0.717) is 24.1 Å². The van der Waals surface area contributed by atoms with Crippen molar-refractivity contribution in [2.75, 3.05) is 25.5 Å². The van der Waals surface area contributed by atoms with Gasteiger partial charge in [-0.1, -0.05) is 6.07 Å². The van der Waals surface area contributed by atoms with E-state index in [1.54, 1.807) is 18.2 Å². The van der Waals surface area contributed by atoms with Gasteiger partial charge in [0.05, 0.1) is 11.5 Å². The predicted molar refractivity (Wildman–Crippen MR) is 83.0 cm³/mol. The highest BCUT2D eigenvalue weighted by atomic mass is 16.6. The van der Waals surface area contributed by atoms with Crippen LogP contribution in [-0.4, -0.2) is 42.1 Å². The summed E-state index contributed by atoms with van der Waals surface area (Å²) in [6, 6.07) is 5.92. The number of rotatable bonds is 5. The molecule has 1 fully saturated rings. The topological polar surface area (TPSA) is 67.6 Å². The van der Waals surface area contributed by atoms with Crippen molar-refractivity contribution in [3.05, 3.63) is 28.3 Å². The summed E-state index contributed by atoms with van der Waals surface area (Å²) in [4.78, 5) is 13.3. The summed E-state index contributed by atoms with van der Waals surface area (Å²) in [5.41, 5.74) is 0.582. The van der Waals surface area contributed by atoms with Crippen LogP contribution >= 0.6 is 0 Å². The van der Waals surface area contributed by atoms with E-state index in [1.165, 1.54) is 0 Å². The first-order valence-corrected chi connectivity index (χ1v) is 7.40. The number of para-hydroxylation sites is 1. The zero-order valence-electron chi connectivity index (χ0n) is 12.8. The van der Waals surface area contributed by atoms with Crippen LogP contribution in [-0.2, 0) is 0 Å². The van der Waals surface area contributed by atoms with Crippen LogP contribution in [0.3, 0.4) is 0 Å². The van der Waals surface area contributed by atoms with Crippen molar-refractivity contribution in [1.29, 1.82) is 0 Å². The van der Waals surface area contributed by atoms with E-state index in [0.717, 1.165) is 19.4 Å². The summed E-state index contributed by atoms with van der Waals surface area (Å²) >= 11 is 0. The van der Waals surface area contributed by atoms with E-state index >= 15 is 0 Å². The highest BCUT2D eigenvalue weighted by molar-refractivity contribution is 5.68. The summed E-state index contributed by atoms with van der Waals surface area (Å²) < 4.78 is 5.38. The van der Waals surface area contributed by atoms with E-state index in [2.05, 4.69) is 24.2 Å². The Morgan fingerprint density at radius 2 is 2.29 bits per heavy atom. The molecular formula is C15H23N3O3. The predicted octanol–water partition coefficient (Wildman–Crippen LogP) is 2.89. The largest absolute Gasteiger partial charge is 0.487 e. The average Bonchev–Trinajstić information content (AvgIpc) is 2.43. The van der Waals surface area contributed by atoms with Crippen LogP contribution in [0.25, 0.3) is 0 Å². The Morgan fingerprint density at radius 1 is 1.52 bits per heavy atom. The molecule has 2 rings (SSSR count). The monoisotopic (exact) mass is 293 g/mol. The van der Waals surface area contributed by atoms with E-state index in [1.807, 2.05) is 6.92 Å². The van der Waals surface area contributed by atoms with Gasteiger partial charge in [-0.25, -0.2) is 0 Å². The molecule has 0 saturated carbocycles. The maximum absolute atomic E-state index is 11.4. The van der Waals surface area contributed by atoms with Gasteiger partial charge in [-0.2, -0.15) is 0 Å². The third kappa shape index (κ3) is 3.64. The van der Waals surface area contributed by atoms with Crippen molar-refractivity contribution in [3.63, 3.8) is 0 Å². The molecule has 1 aromatic rings. The second-order valence-corrected chi connectivity index (χ2v) is 5.54. The third-order valence-corrected chi connectivity index (χ3v) is 4.05. The van der Waals surface area contributed by atoms with Gasteiger partial charge in [0.2, 0.25) is 0 Å². The number of anilines is 1. The van der Waals surface area contributed by atoms with Crippen LogP contribution < -0.4 is 10.1 Å². The fourth-order valence-electron chi connectivity index (χ4n) is 2.74. The van der Waals surface area contributed by atoms with Crippen molar-refractivity contribution >= 4 is 11.4 Å². The lowest BCUT2D eigenvalue weighted by molar-refractivity contribution is -0.385. The summed E-state index contributed by atoms with van der Waals surface area (Å²) in [5, 5.41) is 14.7. The number of likely N-dealkylation sites (tertiary alicyclic amines) is 1. The molecular weight excluding hydrogens is 270 g/mol. The lowest BCUT2D eigenvalue weighted by atomic mass is 9.98. The Kier molecular flexibility index (Phi) is 5.01. The van der Waals surface area contributed by atoms with Crippen LogP contribution in [0.1, 0.15) is 26.7 Å². The zero-order chi connectivity index (χ0) is 15.4. The zero-order valence-corrected chi connectivity index (χ0v) is 12.8. The summed E-state index contributed by atoms with van der Waals surface area (Å²) in [6.45, 7) is 5.41. The van der Waals surface area contributed by atoms with Crippen molar-refractivity contribution in [3.8, 4) is 5.75 Å². The molecule has 0 bridgehead atoms. The molecule has 2 atom stereocenters. The van der Waals surface area contributed by atoms with E-state index in [4.69, 9.17) is 4.74 Å². The lowest BCUT2D eigenvalue weighted by Gasteiger charge is -2.35. The number of nitrogens with one attached hydrogen (secondary N) is 1. The molecule has 21 heavy (non-hydrogen) atoms. The molecule has 2 unspecified atom stereocenters. The van der Waals surface area contributed by atoms with E-state index in [-0.39, 0.29) is 16.7 Å². The minimum atomic E-state index is -0.369. The Labute approximate surface area is 125 Å². The standard InChI is InChI=1S/C15H23N3O3/c1-4-21-14-7-5-6-13(15(14)18(19)20)16-12-8-9-17(3)11(2)10-12/h5-7,11-12,16H,4,8-10H2,1-3H3. The maximum atomic E-state index is 11.4. The molecule has 0 spiro atoms. The average molecular weight is 293 g/mol. The minimum Gasteiger partial charge on any atom is -0.487 e. The molecule has 6 nitrogen and oxygen atoms in total. The van der Waals surface area contributed by atoms with Crippen molar-refractivity contribution < 1.29 is 9.66 Å². The van der Waals surface area contributed by atoms with Crippen LogP contribution in [0.5, 0.6) is 5.75 Å². The normalized spacial score (nSPS) is 22.8. The molecule has 116 valence electrons. The van der Waals surface area contributed by atoms with Gasteiger partial charge in [0.15, 0.2) is 5.75 Å². The van der Waals surface area contributed by atoms with Gasteiger partial charge in [0.1, 0.15) is 5.69 Å². The van der Waals surface area contributed by atoms with Gasteiger partial charge in [-0.3, -0.25) is 10.1 Å². The summed E-state index contributed by atoms with van der Waals surface area (Å²) in [7, 11) is 2.11. The Hall–Kier alpha value is -1.82. The Morgan fingerprint density at radius 3 is 2.90 bits per heavy atom. The summed E-state index contributed by atoms with van der Waals surface area (Å²) in [6.07, 6.45) is 1.96. The highest BCUT2D eigenvalue weighted by Crippen LogP contribution is 2.36. The second-order valence-electron chi connectivity index (χ2n) is 5.54. The first-order valence-electron chi connectivity index (χ1n) is 7.40. The quantitative estimate of drug-likeness (QED) is 0.668. The third-order valence-electron chi connectivity index (χ3n) is 4.05. The number of hydrogen-bond donors (Lipinski definition) is 1. The number of nitro benzene ring substituents is 1. The van der Waals surface area contributed by atoms with E-state index < -0.39 is 0 Å². The molecule has 1 N–H and O–H groups in total. The number of nitrogens with zero attached hydrogens (tertiary/aromatic N) is 2. The number of benzene rings is 1. The molecule has 0 amide bonds. The molecule has 6 heteroatoms. The van der Waals surface area contributed by atoms with Crippen LogP contribution in [0.4, 0.5) is 11.4 Å². The van der Waals surface area contributed by atoms with Crippen LogP contribution in [0.2, 0.25) is 0 Å². The maximum Gasteiger partial charge on any atom is 0.333 e. The van der Waals surface area contributed by atoms with Gasteiger partial charge in [-0.15, -0.1) is 0 Å².